The number of amides is 3. The Hall–Kier alpha value is -2.44. The number of esters is 1. The highest BCUT2D eigenvalue weighted by atomic mass is 33.1. The normalized spacial score (nSPS) is 28.5. The molecular formula is C27H38N4O6S2. The van der Waals surface area contributed by atoms with E-state index in [2.05, 4.69) is 16.0 Å². The molecule has 12 heteroatoms. The molecule has 0 bridgehead atoms. The molecule has 1 saturated carbocycles. The van der Waals surface area contributed by atoms with Crippen LogP contribution in [0.25, 0.3) is 0 Å². The number of phenolic OH excluding ortho intramolecular Hbond substituents is 1. The maximum atomic E-state index is 13.6. The highest BCUT2D eigenvalue weighted by Gasteiger charge is 2.43. The van der Waals surface area contributed by atoms with E-state index in [1.165, 1.54) is 28.7 Å². The van der Waals surface area contributed by atoms with E-state index >= 15 is 0 Å². The Kier molecular flexibility index (Phi) is 10.1. The first-order valence-corrected chi connectivity index (χ1v) is 15.9. The smallest absolute Gasteiger partial charge is 0.329 e. The van der Waals surface area contributed by atoms with Crippen LogP contribution in [0.3, 0.4) is 0 Å². The molecule has 1 aromatic carbocycles. The number of nitrogens with zero attached hydrogens (tertiary/aromatic N) is 1. The Morgan fingerprint density at radius 2 is 1.79 bits per heavy atom. The third kappa shape index (κ3) is 7.01. The second-order valence-electron chi connectivity index (χ2n) is 10.6. The number of methoxy groups -OCH3 is 1. The van der Waals surface area contributed by atoms with Crippen LogP contribution in [0.15, 0.2) is 24.3 Å². The van der Waals surface area contributed by atoms with Gasteiger partial charge in [-0.3, -0.25) is 19.3 Å². The zero-order valence-electron chi connectivity index (χ0n) is 22.4. The summed E-state index contributed by atoms with van der Waals surface area (Å²) < 4.78 is 4.93. The molecule has 2 saturated heterocycles. The number of phenols is 1. The Bertz CT molecular complexity index is 1050. The van der Waals surface area contributed by atoms with Crippen LogP contribution in [0.4, 0.5) is 0 Å². The Labute approximate surface area is 237 Å². The number of ether oxygens (including phenoxy) is 1. The first kappa shape index (κ1) is 29.5. The molecule has 0 aromatic heterocycles. The number of aromatic hydroxyl groups is 1. The van der Waals surface area contributed by atoms with E-state index in [0.29, 0.717) is 31.6 Å². The van der Waals surface area contributed by atoms with Crippen molar-refractivity contribution < 1.29 is 29.0 Å². The van der Waals surface area contributed by atoms with Crippen LogP contribution in [0.5, 0.6) is 5.75 Å². The molecule has 0 radical (unpaired) electrons. The van der Waals surface area contributed by atoms with E-state index in [1.54, 1.807) is 12.1 Å². The minimum Gasteiger partial charge on any atom is -0.508 e. The van der Waals surface area contributed by atoms with Gasteiger partial charge in [-0.25, -0.2) is 4.79 Å². The first-order valence-electron chi connectivity index (χ1n) is 13.4. The lowest BCUT2D eigenvalue weighted by molar-refractivity contribution is -0.146. The molecule has 214 valence electrons. The lowest BCUT2D eigenvalue weighted by Gasteiger charge is -2.30. The lowest BCUT2D eigenvalue weighted by Crippen LogP contribution is -2.54. The van der Waals surface area contributed by atoms with Gasteiger partial charge in [0, 0.05) is 24.0 Å². The predicted octanol–water partition coefficient (Wildman–Crippen LogP) is 1.78. The fourth-order valence-electron chi connectivity index (χ4n) is 5.89. The molecule has 4 atom stereocenters. The molecule has 4 rings (SSSR count). The Morgan fingerprint density at radius 1 is 1.10 bits per heavy atom. The van der Waals surface area contributed by atoms with Gasteiger partial charge < -0.3 is 25.8 Å². The molecular weight excluding hydrogens is 540 g/mol. The monoisotopic (exact) mass is 578 g/mol. The summed E-state index contributed by atoms with van der Waals surface area (Å²) in [7, 11) is 5.93. The molecule has 3 aliphatic rings. The fraction of sp³-hybridized carbons (Fsp3) is 0.630. The molecule has 10 nitrogen and oxygen atoms in total. The Balaban J connectivity index is 1.48. The summed E-state index contributed by atoms with van der Waals surface area (Å²) >= 11 is 0. The van der Waals surface area contributed by atoms with Crippen molar-refractivity contribution in [2.24, 2.45) is 5.41 Å². The number of likely N-dealkylation sites (tertiary alicyclic amines) is 1. The highest BCUT2D eigenvalue weighted by Crippen LogP contribution is 2.41. The third-order valence-corrected chi connectivity index (χ3v) is 10.6. The Morgan fingerprint density at radius 3 is 2.49 bits per heavy atom. The van der Waals surface area contributed by atoms with Gasteiger partial charge in [-0.15, -0.1) is 0 Å². The van der Waals surface area contributed by atoms with Crippen LogP contribution >= 0.6 is 21.6 Å². The van der Waals surface area contributed by atoms with Gasteiger partial charge in [0.25, 0.3) is 0 Å². The van der Waals surface area contributed by atoms with E-state index < -0.39 is 29.5 Å². The van der Waals surface area contributed by atoms with Crippen LogP contribution in [-0.4, -0.2) is 90.6 Å². The number of nitrogens with one attached hydrogen (secondary N) is 3. The highest BCUT2D eigenvalue weighted by molar-refractivity contribution is 8.76. The second kappa shape index (κ2) is 13.3. The van der Waals surface area contributed by atoms with Crippen molar-refractivity contribution in [3.8, 4) is 5.75 Å². The summed E-state index contributed by atoms with van der Waals surface area (Å²) in [6.45, 7) is 1.04. The number of carbonyl (C=O) groups excluding carboxylic acids is 4. The van der Waals surface area contributed by atoms with E-state index in [-0.39, 0.29) is 35.1 Å². The lowest BCUT2D eigenvalue weighted by atomic mass is 9.81. The first-order chi connectivity index (χ1) is 18.7. The van der Waals surface area contributed by atoms with Gasteiger partial charge in [-0.05, 0) is 57.0 Å². The average Bonchev–Trinajstić information content (AvgIpc) is 3.56. The minimum atomic E-state index is -0.784. The number of likely N-dealkylation sites (N-methyl/N-ethyl adjacent to an activating group) is 1. The standard InChI is InChI=1S/C27H38N4O6S2/c1-31-14-9-19(17-5-7-18(32)8-6-17)22(31)24(34)29-20-15-38-39-16-21(25(35)37-2)30-26(36)27(10-3-4-11-27)12-13-28-23(20)33/h5-8,19-22,32H,3-4,9-16H2,1-2H3,(H,28,33)(H,29,34)(H,30,36). The predicted molar refractivity (Wildman–Crippen MR) is 151 cm³/mol. The topological polar surface area (TPSA) is 137 Å². The zero-order valence-corrected chi connectivity index (χ0v) is 24.1. The molecule has 2 aliphatic heterocycles. The van der Waals surface area contributed by atoms with Crippen LogP contribution in [0, 0.1) is 5.41 Å². The minimum absolute atomic E-state index is 0.0597. The van der Waals surface area contributed by atoms with Gasteiger partial charge in [0.15, 0.2) is 0 Å². The maximum Gasteiger partial charge on any atom is 0.329 e. The molecule has 39 heavy (non-hydrogen) atoms. The SMILES string of the molecule is COC(=O)C1CSSCC(NC(=O)C2C(c3ccc(O)cc3)CCN2C)C(=O)NCCC2(CCCC2)C(=O)N1. The van der Waals surface area contributed by atoms with E-state index in [1.807, 2.05) is 24.1 Å². The van der Waals surface area contributed by atoms with Gasteiger partial charge in [0.2, 0.25) is 17.7 Å². The summed E-state index contributed by atoms with van der Waals surface area (Å²) in [5.41, 5.74) is 0.336. The van der Waals surface area contributed by atoms with Crippen molar-refractivity contribution in [2.75, 3.05) is 38.8 Å². The molecule has 2 heterocycles. The fourth-order valence-corrected chi connectivity index (χ4v) is 8.20. The zero-order chi connectivity index (χ0) is 28.0. The van der Waals surface area contributed by atoms with Gasteiger partial charge in [-0.2, -0.15) is 0 Å². The average molecular weight is 579 g/mol. The quantitative estimate of drug-likeness (QED) is 0.311. The maximum absolute atomic E-state index is 13.6. The number of hydrogen-bond acceptors (Lipinski definition) is 9. The van der Waals surface area contributed by atoms with E-state index in [0.717, 1.165) is 31.4 Å². The van der Waals surface area contributed by atoms with E-state index in [9.17, 15) is 24.3 Å². The second-order valence-corrected chi connectivity index (χ2v) is 13.2. The van der Waals surface area contributed by atoms with Crippen molar-refractivity contribution in [2.45, 2.75) is 62.6 Å². The van der Waals surface area contributed by atoms with Gasteiger partial charge >= 0.3 is 5.97 Å². The largest absolute Gasteiger partial charge is 0.508 e. The molecule has 3 amide bonds. The number of rotatable bonds is 4. The van der Waals surface area contributed by atoms with Crippen molar-refractivity contribution >= 4 is 45.3 Å². The summed E-state index contributed by atoms with van der Waals surface area (Å²) in [4.78, 5) is 54.5. The van der Waals surface area contributed by atoms with Crippen molar-refractivity contribution in [1.29, 1.82) is 0 Å². The molecule has 1 aromatic rings. The third-order valence-electron chi connectivity index (χ3n) is 8.16. The van der Waals surface area contributed by atoms with Crippen LogP contribution < -0.4 is 16.0 Å². The van der Waals surface area contributed by atoms with Crippen molar-refractivity contribution in [1.82, 2.24) is 20.9 Å². The van der Waals surface area contributed by atoms with Crippen LogP contribution in [-0.2, 0) is 23.9 Å². The number of benzene rings is 1. The van der Waals surface area contributed by atoms with Gasteiger partial charge in [-0.1, -0.05) is 46.6 Å². The molecule has 3 fully saturated rings. The summed E-state index contributed by atoms with van der Waals surface area (Å²) in [6, 6.07) is 4.91. The number of hydrogen-bond donors (Lipinski definition) is 4. The van der Waals surface area contributed by atoms with Gasteiger partial charge in [0.1, 0.15) is 17.8 Å². The molecule has 1 aliphatic carbocycles. The van der Waals surface area contributed by atoms with Crippen LogP contribution in [0.1, 0.15) is 50.0 Å². The van der Waals surface area contributed by atoms with Crippen LogP contribution in [0.2, 0.25) is 0 Å². The molecule has 4 N–H and O–H groups in total. The van der Waals surface area contributed by atoms with E-state index in [4.69, 9.17) is 4.74 Å². The summed E-state index contributed by atoms with van der Waals surface area (Å²) in [6.07, 6.45) is 4.51. The number of carbonyl (C=O) groups is 4. The summed E-state index contributed by atoms with van der Waals surface area (Å²) in [5.74, 6) is -0.462. The van der Waals surface area contributed by atoms with Crippen molar-refractivity contribution in [3.63, 3.8) is 0 Å². The van der Waals surface area contributed by atoms with Crippen molar-refractivity contribution in [3.05, 3.63) is 29.8 Å². The molecule has 1 spiro atoms. The van der Waals surface area contributed by atoms with Gasteiger partial charge in [0.05, 0.1) is 18.6 Å². The molecule has 4 unspecified atom stereocenters. The summed E-state index contributed by atoms with van der Waals surface area (Å²) in [5, 5.41) is 18.5.